The van der Waals surface area contributed by atoms with Crippen LogP contribution in [0.4, 0.5) is 10.1 Å². The van der Waals surface area contributed by atoms with E-state index >= 15 is 0 Å². The zero-order chi connectivity index (χ0) is 25.6. The molecule has 8 nitrogen and oxygen atoms in total. The van der Waals surface area contributed by atoms with Gasteiger partial charge in [-0.15, -0.1) is 0 Å². The number of para-hydroxylation sites is 1. The van der Waals surface area contributed by atoms with Gasteiger partial charge in [-0.3, -0.25) is 9.89 Å². The SMILES string of the molecule is Cc1cccc(F)c1-n1nc2c(-c3ccc(N4CCC(O)(CN5CCCC5)CC4)cc3)n[nH]c2cc1=O. The van der Waals surface area contributed by atoms with Gasteiger partial charge in [-0.25, -0.2) is 4.39 Å². The van der Waals surface area contributed by atoms with Crippen molar-refractivity contribution in [1.82, 2.24) is 24.9 Å². The van der Waals surface area contributed by atoms with Gasteiger partial charge in [0.05, 0.1) is 11.1 Å². The average molecular weight is 503 g/mol. The number of anilines is 1. The van der Waals surface area contributed by atoms with E-state index in [1.54, 1.807) is 19.1 Å². The fourth-order valence-electron chi connectivity index (χ4n) is 5.66. The molecule has 0 bridgehead atoms. The number of β-amino-alcohol motifs (C(OH)–C–C–N with tert-alkyl or cyclic N) is 1. The van der Waals surface area contributed by atoms with Crippen LogP contribution in [0.25, 0.3) is 28.0 Å². The Balaban J connectivity index is 1.23. The molecule has 0 amide bonds. The number of nitrogens with zero attached hydrogens (tertiary/aromatic N) is 5. The van der Waals surface area contributed by atoms with Gasteiger partial charge in [0.2, 0.25) is 0 Å². The number of nitrogens with one attached hydrogen (secondary N) is 1. The van der Waals surface area contributed by atoms with E-state index in [1.807, 2.05) is 12.1 Å². The second-order valence-electron chi connectivity index (χ2n) is 10.4. The maximum absolute atomic E-state index is 14.6. The lowest BCUT2D eigenvalue weighted by molar-refractivity contribution is -0.0110. The third kappa shape index (κ3) is 4.53. The van der Waals surface area contributed by atoms with Gasteiger partial charge < -0.3 is 14.9 Å². The molecule has 0 atom stereocenters. The lowest BCUT2D eigenvalue weighted by Gasteiger charge is -2.41. The van der Waals surface area contributed by atoms with Crippen LogP contribution in [-0.2, 0) is 0 Å². The van der Waals surface area contributed by atoms with Crippen molar-refractivity contribution in [2.75, 3.05) is 37.6 Å². The van der Waals surface area contributed by atoms with Gasteiger partial charge in [0, 0.05) is 37.0 Å². The third-order valence-corrected chi connectivity index (χ3v) is 7.76. The van der Waals surface area contributed by atoms with Crippen LogP contribution in [-0.4, -0.2) is 68.3 Å². The summed E-state index contributed by atoms with van der Waals surface area (Å²) < 4.78 is 15.7. The Hall–Kier alpha value is -3.56. The first-order valence-corrected chi connectivity index (χ1v) is 12.9. The Morgan fingerprint density at radius 3 is 2.49 bits per heavy atom. The summed E-state index contributed by atoms with van der Waals surface area (Å²) in [6.45, 7) is 6.34. The number of likely N-dealkylation sites (tertiary alicyclic amines) is 1. The maximum Gasteiger partial charge on any atom is 0.273 e. The minimum Gasteiger partial charge on any atom is -0.388 e. The molecule has 2 aliphatic rings. The highest BCUT2D eigenvalue weighted by atomic mass is 19.1. The van der Waals surface area contributed by atoms with Crippen LogP contribution in [0, 0.1) is 12.7 Å². The van der Waals surface area contributed by atoms with Gasteiger partial charge >= 0.3 is 0 Å². The van der Waals surface area contributed by atoms with Crippen LogP contribution in [0.1, 0.15) is 31.2 Å². The predicted molar refractivity (Wildman–Crippen MR) is 142 cm³/mol. The molecule has 0 saturated carbocycles. The van der Waals surface area contributed by atoms with Crippen molar-refractivity contribution >= 4 is 16.7 Å². The summed E-state index contributed by atoms with van der Waals surface area (Å²) in [5, 5.41) is 22.9. The van der Waals surface area contributed by atoms with Crippen LogP contribution in [0.5, 0.6) is 0 Å². The van der Waals surface area contributed by atoms with Gasteiger partial charge in [-0.2, -0.15) is 14.9 Å². The molecule has 0 spiro atoms. The van der Waals surface area contributed by atoms with Crippen LogP contribution >= 0.6 is 0 Å². The van der Waals surface area contributed by atoms with Crippen molar-refractivity contribution in [2.24, 2.45) is 0 Å². The first-order chi connectivity index (χ1) is 17.9. The summed E-state index contributed by atoms with van der Waals surface area (Å²) in [7, 11) is 0. The lowest BCUT2D eigenvalue weighted by atomic mass is 9.90. The Kier molecular flexibility index (Phi) is 6.04. The maximum atomic E-state index is 14.6. The van der Waals surface area contributed by atoms with Crippen molar-refractivity contribution in [3.8, 4) is 16.9 Å². The van der Waals surface area contributed by atoms with Gasteiger partial charge in [0.25, 0.3) is 5.56 Å². The van der Waals surface area contributed by atoms with E-state index in [-0.39, 0.29) is 5.69 Å². The molecular weight excluding hydrogens is 471 g/mol. The van der Waals surface area contributed by atoms with E-state index in [1.165, 1.54) is 25.0 Å². The number of hydrogen-bond donors (Lipinski definition) is 2. The quantitative estimate of drug-likeness (QED) is 0.433. The largest absolute Gasteiger partial charge is 0.388 e. The summed E-state index contributed by atoms with van der Waals surface area (Å²) in [6, 6.07) is 14.2. The number of H-pyrrole nitrogens is 1. The van der Waals surface area contributed by atoms with Crippen LogP contribution < -0.4 is 10.5 Å². The van der Waals surface area contributed by atoms with Crippen molar-refractivity contribution in [3.63, 3.8) is 0 Å². The fourth-order valence-corrected chi connectivity index (χ4v) is 5.66. The van der Waals surface area contributed by atoms with Gasteiger partial charge in [0.15, 0.2) is 0 Å². The number of aliphatic hydroxyl groups is 1. The number of benzene rings is 2. The molecule has 2 N–H and O–H groups in total. The molecular formula is C28H31FN6O2. The van der Waals surface area contributed by atoms with Crippen molar-refractivity contribution in [2.45, 2.75) is 38.2 Å². The molecule has 0 aliphatic carbocycles. The Labute approximate surface area is 214 Å². The van der Waals surface area contributed by atoms with Crippen LogP contribution in [0.15, 0.2) is 53.3 Å². The van der Waals surface area contributed by atoms with E-state index in [2.05, 4.69) is 37.2 Å². The molecule has 4 heterocycles. The molecule has 37 heavy (non-hydrogen) atoms. The van der Waals surface area contributed by atoms with Crippen LogP contribution in [0.2, 0.25) is 0 Å². The minimum atomic E-state index is -0.604. The number of rotatable bonds is 5. The Bertz CT molecular complexity index is 1460. The molecule has 2 aliphatic heterocycles. The standard InChI is InChI=1S/C28H31FN6O2/c1-19-5-4-6-22(29)27(19)35-24(36)17-23-26(32-35)25(31-30-23)20-7-9-21(10-8-20)34-15-11-28(37,12-16-34)18-33-13-2-3-14-33/h4-10,17,30,37H,2-3,11-16,18H2,1H3. The number of aromatic nitrogens is 4. The molecule has 192 valence electrons. The lowest BCUT2D eigenvalue weighted by Crippen LogP contribution is -2.50. The van der Waals surface area contributed by atoms with E-state index in [9.17, 15) is 14.3 Å². The number of aromatic amines is 1. The van der Waals surface area contributed by atoms with Crippen molar-refractivity contribution in [1.29, 1.82) is 0 Å². The van der Waals surface area contributed by atoms with E-state index in [0.717, 1.165) is 61.5 Å². The van der Waals surface area contributed by atoms with Gasteiger partial charge in [-0.05, 0) is 69.5 Å². The number of fused-ring (bicyclic) bond motifs is 1. The van der Waals surface area contributed by atoms with Gasteiger partial charge in [-0.1, -0.05) is 24.3 Å². The number of aryl methyl sites for hydroxylation is 1. The van der Waals surface area contributed by atoms with Gasteiger partial charge in [0.1, 0.15) is 22.7 Å². The van der Waals surface area contributed by atoms with E-state index in [0.29, 0.717) is 22.3 Å². The third-order valence-electron chi connectivity index (χ3n) is 7.76. The summed E-state index contributed by atoms with van der Waals surface area (Å²) >= 11 is 0. The van der Waals surface area contributed by atoms with Crippen LogP contribution in [0.3, 0.4) is 0 Å². The zero-order valence-electron chi connectivity index (χ0n) is 21.0. The topological polar surface area (TPSA) is 90.3 Å². The monoisotopic (exact) mass is 502 g/mol. The smallest absolute Gasteiger partial charge is 0.273 e. The minimum absolute atomic E-state index is 0.145. The highest BCUT2D eigenvalue weighted by molar-refractivity contribution is 5.89. The second kappa shape index (κ2) is 9.39. The molecule has 4 aromatic rings. The van der Waals surface area contributed by atoms with Crippen molar-refractivity contribution in [3.05, 3.63) is 70.3 Å². The summed E-state index contributed by atoms with van der Waals surface area (Å²) in [6.07, 6.45) is 3.98. The molecule has 2 aromatic carbocycles. The first kappa shape index (κ1) is 23.8. The predicted octanol–water partition coefficient (Wildman–Crippen LogP) is 3.65. The number of halogens is 1. The number of piperidine rings is 1. The Morgan fingerprint density at radius 2 is 1.78 bits per heavy atom. The summed E-state index contributed by atoms with van der Waals surface area (Å²) in [5.41, 5.74) is 3.28. The highest BCUT2D eigenvalue weighted by Crippen LogP contribution is 2.31. The normalized spacial score (nSPS) is 18.1. The molecule has 2 saturated heterocycles. The highest BCUT2D eigenvalue weighted by Gasteiger charge is 2.34. The molecule has 0 radical (unpaired) electrons. The molecule has 2 fully saturated rings. The molecule has 0 unspecified atom stereocenters. The fraction of sp³-hybridized carbons (Fsp3) is 0.393. The zero-order valence-corrected chi connectivity index (χ0v) is 21.0. The summed E-state index contributed by atoms with van der Waals surface area (Å²) in [4.78, 5) is 17.4. The molecule has 9 heteroatoms. The molecule has 2 aromatic heterocycles. The Morgan fingerprint density at radius 1 is 1.05 bits per heavy atom. The van der Waals surface area contributed by atoms with Crippen molar-refractivity contribution < 1.29 is 9.50 Å². The number of hydrogen-bond acceptors (Lipinski definition) is 6. The van der Waals surface area contributed by atoms with E-state index < -0.39 is 17.0 Å². The van der Waals surface area contributed by atoms with E-state index in [4.69, 9.17) is 0 Å². The summed E-state index contributed by atoms with van der Waals surface area (Å²) in [5.74, 6) is -0.503. The first-order valence-electron chi connectivity index (χ1n) is 12.9. The average Bonchev–Trinajstić information content (AvgIpc) is 3.54. The second-order valence-corrected chi connectivity index (χ2v) is 10.4. The molecule has 6 rings (SSSR count).